The fourth-order valence-corrected chi connectivity index (χ4v) is 3.35. The maximum atomic E-state index is 12.0. The normalized spacial score (nSPS) is 13.3. The van der Waals surface area contributed by atoms with E-state index in [1.54, 1.807) is 6.20 Å². The molecule has 0 saturated carbocycles. The second-order valence-corrected chi connectivity index (χ2v) is 6.19. The summed E-state index contributed by atoms with van der Waals surface area (Å²) in [6, 6.07) is 12.8. The Balaban J connectivity index is 1.69. The van der Waals surface area contributed by atoms with Crippen molar-refractivity contribution in [3.63, 3.8) is 0 Å². The van der Waals surface area contributed by atoms with Gasteiger partial charge in [0.1, 0.15) is 0 Å². The summed E-state index contributed by atoms with van der Waals surface area (Å²) in [7, 11) is 0. The summed E-state index contributed by atoms with van der Waals surface area (Å²) in [5, 5.41) is 0. The average molecular weight is 302 g/mol. The lowest BCUT2D eigenvalue weighted by molar-refractivity contribution is 0.0994. The first-order valence-electron chi connectivity index (χ1n) is 7.92. The summed E-state index contributed by atoms with van der Waals surface area (Å²) >= 11 is 0. The highest BCUT2D eigenvalue weighted by Gasteiger charge is 2.23. The van der Waals surface area contributed by atoms with Crippen LogP contribution >= 0.6 is 0 Å². The van der Waals surface area contributed by atoms with E-state index in [1.165, 1.54) is 22.3 Å². The molecule has 3 heteroatoms. The number of aromatic nitrogens is 2. The predicted molar refractivity (Wildman–Crippen MR) is 90.6 cm³/mol. The van der Waals surface area contributed by atoms with Crippen LogP contribution in [0.15, 0.2) is 55.1 Å². The summed E-state index contributed by atoms with van der Waals surface area (Å²) in [6.07, 6.45) is 7.09. The van der Waals surface area contributed by atoms with Gasteiger partial charge in [-0.05, 0) is 47.2 Å². The highest BCUT2D eigenvalue weighted by Crippen LogP contribution is 2.33. The van der Waals surface area contributed by atoms with Crippen LogP contribution < -0.4 is 0 Å². The smallest absolute Gasteiger partial charge is 0.163 e. The molecule has 1 aliphatic carbocycles. The minimum absolute atomic E-state index is 0.279. The van der Waals surface area contributed by atoms with Gasteiger partial charge in [0.05, 0.1) is 6.33 Å². The largest absolute Gasteiger partial charge is 0.333 e. The number of hydrogen-bond acceptors (Lipinski definition) is 2. The van der Waals surface area contributed by atoms with Gasteiger partial charge in [-0.15, -0.1) is 0 Å². The van der Waals surface area contributed by atoms with Crippen LogP contribution in [0.3, 0.4) is 0 Å². The van der Waals surface area contributed by atoms with E-state index in [2.05, 4.69) is 46.8 Å². The maximum absolute atomic E-state index is 12.0. The lowest BCUT2D eigenvalue weighted by Gasteiger charge is -2.11. The van der Waals surface area contributed by atoms with Crippen LogP contribution in [0.5, 0.6) is 0 Å². The third-order valence-corrected chi connectivity index (χ3v) is 4.49. The zero-order valence-corrected chi connectivity index (χ0v) is 13.1. The number of hydrogen-bond donors (Lipinski definition) is 0. The lowest BCUT2D eigenvalue weighted by Crippen LogP contribution is -1.97. The number of ketones is 1. The Morgan fingerprint density at radius 1 is 1.09 bits per heavy atom. The van der Waals surface area contributed by atoms with Crippen LogP contribution in [0.25, 0.3) is 11.1 Å². The molecule has 3 nitrogen and oxygen atoms in total. The zero-order chi connectivity index (χ0) is 15.8. The Morgan fingerprint density at radius 3 is 2.61 bits per heavy atom. The number of fused-ring (bicyclic) bond motifs is 1. The van der Waals surface area contributed by atoms with Crippen LogP contribution in [0, 0.1) is 6.92 Å². The van der Waals surface area contributed by atoms with Gasteiger partial charge < -0.3 is 4.57 Å². The van der Waals surface area contributed by atoms with Crippen molar-refractivity contribution in [1.82, 2.24) is 9.55 Å². The molecular weight excluding hydrogens is 284 g/mol. The Labute approximate surface area is 135 Å². The highest BCUT2D eigenvalue weighted by molar-refractivity contribution is 6.02. The molecule has 1 aliphatic rings. The molecule has 114 valence electrons. The zero-order valence-electron chi connectivity index (χ0n) is 13.1. The minimum atomic E-state index is 0.279. The Morgan fingerprint density at radius 2 is 1.87 bits per heavy atom. The van der Waals surface area contributed by atoms with Gasteiger partial charge in [0.2, 0.25) is 0 Å². The van der Waals surface area contributed by atoms with Crippen LogP contribution in [0.2, 0.25) is 0 Å². The van der Waals surface area contributed by atoms with Crippen molar-refractivity contribution in [2.24, 2.45) is 0 Å². The topological polar surface area (TPSA) is 34.9 Å². The SMILES string of the molecule is Cc1cc2c(c(-c3ccc(Cn4ccnc4)cc3)c1)CCC2=O. The van der Waals surface area contributed by atoms with E-state index >= 15 is 0 Å². The van der Waals surface area contributed by atoms with Crippen molar-refractivity contribution >= 4 is 5.78 Å². The molecule has 1 heterocycles. The second kappa shape index (κ2) is 5.51. The molecule has 3 aromatic rings. The van der Waals surface area contributed by atoms with Crippen molar-refractivity contribution in [2.45, 2.75) is 26.3 Å². The fraction of sp³-hybridized carbons (Fsp3) is 0.200. The highest BCUT2D eigenvalue weighted by atomic mass is 16.1. The summed E-state index contributed by atoms with van der Waals surface area (Å²) in [6.45, 7) is 2.88. The number of benzene rings is 2. The summed E-state index contributed by atoms with van der Waals surface area (Å²) in [5.74, 6) is 0.279. The summed E-state index contributed by atoms with van der Waals surface area (Å²) < 4.78 is 2.05. The number of imidazole rings is 1. The first kappa shape index (κ1) is 13.9. The van der Waals surface area contributed by atoms with Gasteiger partial charge in [0, 0.05) is 30.9 Å². The number of carbonyl (C=O) groups is 1. The molecule has 0 unspecified atom stereocenters. The third-order valence-electron chi connectivity index (χ3n) is 4.49. The molecule has 0 bridgehead atoms. The first-order chi connectivity index (χ1) is 11.2. The fourth-order valence-electron chi connectivity index (χ4n) is 3.35. The molecule has 4 rings (SSSR count). The first-order valence-corrected chi connectivity index (χ1v) is 7.92. The molecule has 0 saturated heterocycles. The van der Waals surface area contributed by atoms with E-state index in [0.29, 0.717) is 6.42 Å². The second-order valence-electron chi connectivity index (χ2n) is 6.19. The number of nitrogens with zero attached hydrogens (tertiary/aromatic N) is 2. The van der Waals surface area contributed by atoms with Gasteiger partial charge in [0.15, 0.2) is 5.78 Å². The molecule has 0 fully saturated rings. The molecule has 0 N–H and O–H groups in total. The molecule has 0 radical (unpaired) electrons. The molecule has 2 aromatic carbocycles. The van der Waals surface area contributed by atoms with E-state index in [-0.39, 0.29) is 5.78 Å². The summed E-state index contributed by atoms with van der Waals surface area (Å²) in [4.78, 5) is 16.1. The van der Waals surface area contributed by atoms with Crippen molar-refractivity contribution in [2.75, 3.05) is 0 Å². The number of aryl methyl sites for hydroxylation is 1. The van der Waals surface area contributed by atoms with Gasteiger partial charge in [-0.2, -0.15) is 0 Å². The van der Waals surface area contributed by atoms with E-state index in [0.717, 1.165) is 24.1 Å². The average Bonchev–Trinajstić information content (AvgIpc) is 3.18. The van der Waals surface area contributed by atoms with Gasteiger partial charge in [-0.1, -0.05) is 30.3 Å². The monoisotopic (exact) mass is 302 g/mol. The standard InChI is InChI=1S/C20H18N2O/c1-14-10-18(17-6-7-20(23)19(17)11-14)16-4-2-15(3-5-16)12-22-9-8-21-13-22/h2-5,8-11,13H,6-7,12H2,1H3. The molecule has 23 heavy (non-hydrogen) atoms. The van der Waals surface area contributed by atoms with E-state index in [1.807, 2.05) is 18.6 Å². The number of rotatable bonds is 3. The quantitative estimate of drug-likeness (QED) is 0.732. The Kier molecular flexibility index (Phi) is 3.34. The maximum Gasteiger partial charge on any atom is 0.163 e. The van der Waals surface area contributed by atoms with Crippen molar-refractivity contribution in [1.29, 1.82) is 0 Å². The molecule has 1 aromatic heterocycles. The third kappa shape index (κ3) is 2.59. The van der Waals surface area contributed by atoms with Crippen molar-refractivity contribution in [3.8, 4) is 11.1 Å². The predicted octanol–water partition coefficient (Wildman–Crippen LogP) is 4.04. The van der Waals surface area contributed by atoms with E-state index in [9.17, 15) is 4.79 Å². The van der Waals surface area contributed by atoms with E-state index < -0.39 is 0 Å². The number of carbonyl (C=O) groups excluding carboxylic acids is 1. The van der Waals surface area contributed by atoms with Crippen LogP contribution in [-0.4, -0.2) is 15.3 Å². The van der Waals surface area contributed by atoms with Crippen LogP contribution in [-0.2, 0) is 13.0 Å². The van der Waals surface area contributed by atoms with Crippen molar-refractivity contribution < 1.29 is 4.79 Å². The molecule has 0 amide bonds. The molecule has 0 spiro atoms. The summed E-state index contributed by atoms with van der Waals surface area (Å²) in [5.41, 5.74) is 6.92. The molecule has 0 atom stereocenters. The lowest BCUT2D eigenvalue weighted by atomic mass is 9.94. The number of Topliss-reactive ketones (excluding diaryl/α,β-unsaturated/α-hetero) is 1. The van der Waals surface area contributed by atoms with Gasteiger partial charge in [0.25, 0.3) is 0 Å². The van der Waals surface area contributed by atoms with Crippen LogP contribution in [0.1, 0.15) is 33.5 Å². The molecular formula is C20H18N2O. The van der Waals surface area contributed by atoms with E-state index in [4.69, 9.17) is 0 Å². The van der Waals surface area contributed by atoms with Crippen molar-refractivity contribution in [3.05, 3.63) is 77.4 Å². The minimum Gasteiger partial charge on any atom is -0.333 e. The Bertz CT molecular complexity index is 861. The Hall–Kier alpha value is -2.68. The van der Waals surface area contributed by atoms with Gasteiger partial charge in [-0.25, -0.2) is 4.98 Å². The van der Waals surface area contributed by atoms with Gasteiger partial charge in [-0.3, -0.25) is 4.79 Å². The van der Waals surface area contributed by atoms with Gasteiger partial charge >= 0.3 is 0 Å². The van der Waals surface area contributed by atoms with Crippen LogP contribution in [0.4, 0.5) is 0 Å². The molecule has 0 aliphatic heterocycles.